The predicted molar refractivity (Wildman–Crippen MR) is 150 cm³/mol. The molecule has 4 rings (SSSR count). The zero-order valence-electron chi connectivity index (χ0n) is 21.7. The summed E-state index contributed by atoms with van der Waals surface area (Å²) >= 11 is 1.68. The van der Waals surface area contributed by atoms with Crippen LogP contribution >= 0.6 is 11.8 Å². The minimum absolute atomic E-state index is 0.0872. The zero-order valence-corrected chi connectivity index (χ0v) is 22.5. The van der Waals surface area contributed by atoms with Crippen molar-refractivity contribution in [2.45, 2.75) is 64.5 Å². The first-order chi connectivity index (χ1) is 17.3. The topological polar surface area (TPSA) is 60.3 Å². The van der Waals surface area contributed by atoms with Crippen molar-refractivity contribution in [3.8, 4) is 0 Å². The van der Waals surface area contributed by atoms with E-state index in [-0.39, 0.29) is 24.4 Å². The van der Waals surface area contributed by atoms with E-state index in [9.17, 15) is 9.59 Å². The largest absolute Gasteiger partial charge is 0.463 e. The summed E-state index contributed by atoms with van der Waals surface area (Å²) in [5.41, 5.74) is 6.48. The lowest BCUT2D eigenvalue weighted by atomic mass is 9.98. The fourth-order valence-electron chi connectivity index (χ4n) is 4.95. The van der Waals surface area contributed by atoms with Gasteiger partial charge in [0.2, 0.25) is 5.91 Å². The maximum atomic E-state index is 12.7. The summed E-state index contributed by atoms with van der Waals surface area (Å²) in [6, 6.07) is 18.7. The maximum Gasteiger partial charge on any atom is 0.310 e. The van der Waals surface area contributed by atoms with E-state index < -0.39 is 0 Å². The molecule has 0 fully saturated rings. The van der Waals surface area contributed by atoms with Crippen molar-refractivity contribution in [3.05, 3.63) is 71.3 Å². The second-order valence-electron chi connectivity index (χ2n) is 9.40. The number of anilines is 1. The Balaban J connectivity index is 1.95. The molecule has 6 heteroatoms. The lowest BCUT2D eigenvalue weighted by Crippen LogP contribution is -2.14. The monoisotopic (exact) mass is 502 g/mol. The smallest absolute Gasteiger partial charge is 0.310 e. The summed E-state index contributed by atoms with van der Waals surface area (Å²) in [5, 5.41) is 5.37. The number of benzene rings is 3. The molecule has 0 aliphatic carbocycles. The number of carbonyl (C=O) groups excluding carboxylic acids is 2. The first-order valence-corrected chi connectivity index (χ1v) is 13.7. The van der Waals surface area contributed by atoms with Gasteiger partial charge in [0.1, 0.15) is 0 Å². The molecule has 188 valence electrons. The highest BCUT2D eigenvalue weighted by Crippen LogP contribution is 2.40. The van der Waals surface area contributed by atoms with Crippen LogP contribution in [0.3, 0.4) is 0 Å². The zero-order chi connectivity index (χ0) is 25.8. The van der Waals surface area contributed by atoms with Gasteiger partial charge in [-0.15, -0.1) is 11.8 Å². The number of aromatic nitrogens is 1. The van der Waals surface area contributed by atoms with Crippen LogP contribution in [0.1, 0.15) is 50.8 Å². The molecule has 4 aromatic rings. The molecule has 1 N–H and O–H groups in total. The van der Waals surface area contributed by atoms with E-state index in [1.807, 2.05) is 32.0 Å². The number of rotatable bonds is 9. The molecular weight excluding hydrogens is 468 g/mol. The van der Waals surface area contributed by atoms with Crippen molar-refractivity contribution in [1.82, 2.24) is 4.57 Å². The maximum absolute atomic E-state index is 12.7. The van der Waals surface area contributed by atoms with Crippen LogP contribution in [0.5, 0.6) is 0 Å². The van der Waals surface area contributed by atoms with Crippen LogP contribution in [0.25, 0.3) is 21.8 Å². The molecule has 0 unspecified atom stereocenters. The number of thioether (sulfide) groups is 1. The van der Waals surface area contributed by atoms with Crippen molar-refractivity contribution >= 4 is 51.1 Å². The van der Waals surface area contributed by atoms with Gasteiger partial charge in [-0.1, -0.05) is 49.7 Å². The molecule has 0 radical (unpaired) electrons. The molecule has 1 amide bonds. The van der Waals surface area contributed by atoms with E-state index in [1.165, 1.54) is 23.3 Å². The number of carbonyl (C=O) groups is 2. The van der Waals surface area contributed by atoms with Crippen molar-refractivity contribution in [1.29, 1.82) is 0 Å². The highest BCUT2D eigenvalue weighted by atomic mass is 32.2. The number of aryl methyl sites for hydroxylation is 1. The molecule has 1 heterocycles. The summed E-state index contributed by atoms with van der Waals surface area (Å²) < 4.78 is 7.87. The fraction of sp³-hybridized carbons (Fsp3) is 0.333. The Morgan fingerprint density at radius 2 is 1.83 bits per heavy atom. The fourth-order valence-corrected chi connectivity index (χ4v) is 5.75. The minimum atomic E-state index is -0.201. The third-order valence-corrected chi connectivity index (χ3v) is 7.02. The Morgan fingerprint density at radius 3 is 2.53 bits per heavy atom. The third-order valence-electron chi connectivity index (χ3n) is 6.16. The van der Waals surface area contributed by atoms with Crippen LogP contribution in [0, 0.1) is 0 Å². The Bertz CT molecular complexity index is 1420. The van der Waals surface area contributed by atoms with E-state index in [2.05, 4.69) is 59.5 Å². The number of nitrogens with zero attached hydrogens (tertiary/aromatic N) is 1. The molecule has 5 nitrogen and oxygen atoms in total. The number of hydrogen-bond donors (Lipinski definition) is 1. The van der Waals surface area contributed by atoms with Gasteiger partial charge in [-0.25, -0.2) is 0 Å². The Kier molecular flexibility index (Phi) is 8.04. The predicted octanol–water partition coefficient (Wildman–Crippen LogP) is 6.97. The quantitative estimate of drug-likeness (QED) is 0.198. The van der Waals surface area contributed by atoms with E-state index in [1.54, 1.807) is 11.8 Å². The molecule has 0 bridgehead atoms. The standard InChI is InChI=1S/C30H34N2O3S/c1-6-10-22-16-23(17-27(34)35-19(2)3)30(36-5)29-28(22)25-13-7-8-14-26(25)32(29)18-21-11-9-12-24(15-21)31-20(4)33/h7-9,11-16,19H,6,10,17-18H2,1-5H3,(H,31,33). The van der Waals surface area contributed by atoms with Crippen molar-refractivity contribution in [2.75, 3.05) is 11.6 Å². The number of nitrogens with one attached hydrogen (secondary N) is 1. The summed E-state index contributed by atoms with van der Waals surface area (Å²) in [6.07, 6.45) is 4.13. The molecule has 0 aliphatic heterocycles. The molecule has 36 heavy (non-hydrogen) atoms. The number of esters is 1. The number of ether oxygens (including phenoxy) is 1. The number of hydrogen-bond acceptors (Lipinski definition) is 4. The van der Waals surface area contributed by atoms with E-state index >= 15 is 0 Å². The lowest BCUT2D eigenvalue weighted by Gasteiger charge is -2.17. The van der Waals surface area contributed by atoms with E-state index in [4.69, 9.17) is 4.74 Å². The van der Waals surface area contributed by atoms with Crippen LogP contribution in [0.2, 0.25) is 0 Å². The second kappa shape index (κ2) is 11.2. The van der Waals surface area contributed by atoms with Crippen molar-refractivity contribution in [3.63, 3.8) is 0 Å². The third kappa shape index (κ3) is 5.44. The molecule has 0 saturated heterocycles. The Morgan fingerprint density at radius 1 is 1.06 bits per heavy atom. The SMILES string of the molecule is CCCc1cc(CC(=O)OC(C)C)c(SC)c2c1c1ccccc1n2Cc1cccc(NC(C)=O)c1. The first kappa shape index (κ1) is 25.8. The number of para-hydroxylation sites is 1. The van der Waals surface area contributed by atoms with Gasteiger partial charge in [0.25, 0.3) is 0 Å². The van der Waals surface area contributed by atoms with Gasteiger partial charge in [0.05, 0.1) is 18.0 Å². The highest BCUT2D eigenvalue weighted by molar-refractivity contribution is 7.98. The molecule has 1 aromatic heterocycles. The van der Waals surface area contributed by atoms with Gasteiger partial charge in [-0.2, -0.15) is 0 Å². The van der Waals surface area contributed by atoms with Crippen LogP contribution in [0.4, 0.5) is 5.69 Å². The molecule has 3 aromatic carbocycles. The number of amides is 1. The van der Waals surface area contributed by atoms with Crippen LogP contribution in [-0.2, 0) is 33.7 Å². The summed E-state index contributed by atoms with van der Waals surface area (Å²) in [4.78, 5) is 25.4. The summed E-state index contributed by atoms with van der Waals surface area (Å²) in [7, 11) is 0. The van der Waals surface area contributed by atoms with Crippen molar-refractivity contribution < 1.29 is 14.3 Å². The average Bonchev–Trinajstić information content (AvgIpc) is 3.13. The van der Waals surface area contributed by atoms with Crippen LogP contribution in [0.15, 0.2) is 59.5 Å². The van der Waals surface area contributed by atoms with Gasteiger partial charge in [0.15, 0.2) is 0 Å². The van der Waals surface area contributed by atoms with Gasteiger partial charge >= 0.3 is 5.97 Å². The molecule has 0 saturated carbocycles. The minimum Gasteiger partial charge on any atom is -0.463 e. The number of fused-ring (bicyclic) bond motifs is 3. The lowest BCUT2D eigenvalue weighted by molar-refractivity contribution is -0.146. The Hall–Kier alpha value is -3.25. The van der Waals surface area contributed by atoms with Gasteiger partial charge in [-0.3, -0.25) is 9.59 Å². The molecule has 0 spiro atoms. The second-order valence-corrected chi connectivity index (χ2v) is 10.2. The van der Waals surface area contributed by atoms with Gasteiger partial charge in [0, 0.05) is 40.3 Å². The summed E-state index contributed by atoms with van der Waals surface area (Å²) in [6.45, 7) is 8.12. The Labute approximate surface area is 217 Å². The van der Waals surface area contributed by atoms with Gasteiger partial charge < -0.3 is 14.6 Å². The van der Waals surface area contributed by atoms with Crippen molar-refractivity contribution in [2.24, 2.45) is 0 Å². The van der Waals surface area contributed by atoms with E-state index in [0.717, 1.165) is 45.6 Å². The molecule has 0 aliphatic rings. The average molecular weight is 503 g/mol. The first-order valence-electron chi connectivity index (χ1n) is 12.5. The normalized spacial score (nSPS) is 11.4. The highest BCUT2D eigenvalue weighted by Gasteiger charge is 2.22. The van der Waals surface area contributed by atoms with Gasteiger partial charge in [-0.05, 0) is 61.4 Å². The van der Waals surface area contributed by atoms with Crippen LogP contribution < -0.4 is 5.32 Å². The van der Waals surface area contributed by atoms with E-state index in [0.29, 0.717) is 6.54 Å². The van der Waals surface area contributed by atoms with Crippen LogP contribution in [-0.4, -0.2) is 28.8 Å². The molecule has 0 atom stereocenters. The molecular formula is C30H34N2O3S. The summed E-state index contributed by atoms with van der Waals surface area (Å²) in [5.74, 6) is -0.288.